The summed E-state index contributed by atoms with van der Waals surface area (Å²) in [7, 11) is 0. The summed E-state index contributed by atoms with van der Waals surface area (Å²) < 4.78 is 0. The predicted molar refractivity (Wildman–Crippen MR) is 98.5 cm³/mol. The van der Waals surface area contributed by atoms with Crippen LogP contribution in [0.25, 0.3) is 0 Å². The van der Waals surface area contributed by atoms with Gasteiger partial charge in [0.25, 0.3) is 0 Å². The fourth-order valence-electron chi connectivity index (χ4n) is 3.37. The first kappa shape index (κ1) is 22.5. The summed E-state index contributed by atoms with van der Waals surface area (Å²) in [5.74, 6) is -1.63. The second-order valence-corrected chi connectivity index (χ2v) is 7.02. The maximum absolute atomic E-state index is 12.1. The highest BCUT2D eigenvalue weighted by molar-refractivity contribution is 5.78. The van der Waals surface area contributed by atoms with E-state index in [-0.39, 0.29) is 43.3 Å². The lowest BCUT2D eigenvalue weighted by Crippen LogP contribution is -2.24. The number of ketones is 1. The van der Waals surface area contributed by atoms with Crippen LogP contribution in [-0.2, 0) is 9.59 Å². The Bertz CT molecular complexity index is 499. The molecule has 148 valence electrons. The minimum atomic E-state index is -0.871. The van der Waals surface area contributed by atoms with Gasteiger partial charge < -0.3 is 20.4 Å². The molecule has 0 aromatic heterocycles. The van der Waals surface area contributed by atoms with Crippen molar-refractivity contribution < 1.29 is 30.0 Å². The molecule has 4 N–H and O–H groups in total. The average molecular weight is 368 g/mol. The van der Waals surface area contributed by atoms with Gasteiger partial charge in [-0.25, -0.2) is 0 Å². The van der Waals surface area contributed by atoms with E-state index in [1.165, 1.54) is 0 Å². The number of carboxylic acid groups (broad SMARTS) is 1. The maximum Gasteiger partial charge on any atom is 0.303 e. The molecule has 26 heavy (non-hydrogen) atoms. The zero-order valence-electron chi connectivity index (χ0n) is 15.5. The van der Waals surface area contributed by atoms with Crippen molar-refractivity contribution >= 4 is 11.8 Å². The van der Waals surface area contributed by atoms with E-state index in [0.717, 1.165) is 6.42 Å². The third-order valence-corrected chi connectivity index (χ3v) is 4.81. The van der Waals surface area contributed by atoms with E-state index in [1.54, 1.807) is 12.2 Å². The molecule has 5 atom stereocenters. The van der Waals surface area contributed by atoms with Crippen LogP contribution in [0.2, 0.25) is 0 Å². The van der Waals surface area contributed by atoms with Crippen LogP contribution in [0.4, 0.5) is 0 Å². The van der Waals surface area contributed by atoms with Crippen LogP contribution in [0, 0.1) is 11.8 Å². The third kappa shape index (κ3) is 8.25. The smallest absolute Gasteiger partial charge is 0.303 e. The number of hydrogen-bond acceptors (Lipinski definition) is 5. The lowest BCUT2D eigenvalue weighted by molar-refractivity contribution is -0.137. The third-order valence-electron chi connectivity index (χ3n) is 4.81. The standard InChI is InChI=1S/C20H32O6/c1-2-3-4-7-14(21)10-11-16-17(19(24)13-18(16)23)12-15(22)8-5-6-9-20(25)26/h3-4,10-11,14,16-19,21,23-24H,2,5-9,12-13H2,1H3,(H,25,26)/b4-3-,11-10-/t14-,16+,17+,18+,19-/m0/s1. The molecule has 0 aromatic rings. The fraction of sp³-hybridized carbons (Fsp3) is 0.700. The van der Waals surface area contributed by atoms with Crippen LogP contribution < -0.4 is 0 Å². The highest BCUT2D eigenvalue weighted by atomic mass is 16.4. The fourth-order valence-corrected chi connectivity index (χ4v) is 3.37. The SMILES string of the molecule is CC/C=C\C[C@H](O)/C=C\[C@@H]1[C@@H](CC(=O)CCCCC(=O)O)[C@@H](O)C[C@H]1O. The summed E-state index contributed by atoms with van der Waals surface area (Å²) >= 11 is 0. The highest BCUT2D eigenvalue weighted by Crippen LogP contribution is 2.36. The van der Waals surface area contributed by atoms with Crippen molar-refractivity contribution in [2.45, 2.75) is 76.6 Å². The normalized spacial score (nSPS) is 27.4. The molecule has 1 aliphatic carbocycles. The summed E-state index contributed by atoms with van der Waals surface area (Å²) in [6, 6.07) is 0. The van der Waals surface area contributed by atoms with Crippen molar-refractivity contribution in [3.63, 3.8) is 0 Å². The van der Waals surface area contributed by atoms with Crippen molar-refractivity contribution in [3.8, 4) is 0 Å². The Balaban J connectivity index is 2.54. The summed E-state index contributed by atoms with van der Waals surface area (Å²) in [4.78, 5) is 22.6. The number of carbonyl (C=O) groups is 2. The van der Waals surface area contributed by atoms with E-state index in [4.69, 9.17) is 5.11 Å². The Morgan fingerprint density at radius 1 is 1.12 bits per heavy atom. The number of aliphatic hydroxyl groups is 3. The molecule has 0 heterocycles. The monoisotopic (exact) mass is 368 g/mol. The van der Waals surface area contributed by atoms with E-state index < -0.39 is 24.3 Å². The quantitative estimate of drug-likeness (QED) is 0.310. The first-order valence-electron chi connectivity index (χ1n) is 9.46. The number of unbranched alkanes of at least 4 members (excludes halogenated alkanes) is 1. The van der Waals surface area contributed by atoms with Gasteiger partial charge in [0.05, 0.1) is 18.3 Å². The van der Waals surface area contributed by atoms with E-state index >= 15 is 0 Å². The van der Waals surface area contributed by atoms with Gasteiger partial charge in [-0.05, 0) is 25.7 Å². The molecule has 0 bridgehead atoms. The van der Waals surface area contributed by atoms with Crippen LogP contribution in [0.1, 0.15) is 58.3 Å². The van der Waals surface area contributed by atoms with Gasteiger partial charge in [0.15, 0.2) is 0 Å². The summed E-state index contributed by atoms with van der Waals surface area (Å²) in [5, 5.41) is 38.9. The van der Waals surface area contributed by atoms with Gasteiger partial charge in [0.1, 0.15) is 5.78 Å². The molecule has 1 rings (SSSR count). The van der Waals surface area contributed by atoms with Crippen LogP contribution in [0.3, 0.4) is 0 Å². The van der Waals surface area contributed by atoms with Crippen LogP contribution in [-0.4, -0.2) is 50.5 Å². The Morgan fingerprint density at radius 2 is 1.81 bits per heavy atom. The van der Waals surface area contributed by atoms with Crippen molar-refractivity contribution in [2.75, 3.05) is 0 Å². The number of hydrogen-bond donors (Lipinski definition) is 4. The summed E-state index contributed by atoms with van der Waals surface area (Å²) in [6.45, 7) is 2.01. The molecule has 0 unspecified atom stereocenters. The van der Waals surface area contributed by atoms with Gasteiger partial charge in [-0.3, -0.25) is 9.59 Å². The van der Waals surface area contributed by atoms with Crippen LogP contribution >= 0.6 is 0 Å². The van der Waals surface area contributed by atoms with Gasteiger partial charge in [-0.2, -0.15) is 0 Å². The van der Waals surface area contributed by atoms with Crippen molar-refractivity contribution in [1.82, 2.24) is 0 Å². The summed E-state index contributed by atoms with van der Waals surface area (Å²) in [5.41, 5.74) is 0. The predicted octanol–water partition coefficient (Wildman–Crippen LogP) is 2.22. The van der Waals surface area contributed by atoms with Gasteiger partial charge in [0.2, 0.25) is 0 Å². The van der Waals surface area contributed by atoms with Crippen molar-refractivity contribution in [1.29, 1.82) is 0 Å². The van der Waals surface area contributed by atoms with Crippen molar-refractivity contribution in [2.24, 2.45) is 11.8 Å². The molecule has 0 aromatic carbocycles. The second-order valence-electron chi connectivity index (χ2n) is 7.02. The van der Waals surface area contributed by atoms with Crippen LogP contribution in [0.5, 0.6) is 0 Å². The zero-order valence-corrected chi connectivity index (χ0v) is 15.5. The van der Waals surface area contributed by atoms with Gasteiger partial charge in [-0.15, -0.1) is 0 Å². The number of aliphatic carboxylic acids is 1. The van der Waals surface area contributed by atoms with E-state index in [2.05, 4.69) is 0 Å². The Hall–Kier alpha value is -1.50. The minimum Gasteiger partial charge on any atom is -0.481 e. The molecule has 0 aliphatic heterocycles. The molecule has 0 saturated heterocycles. The Kier molecular flexibility index (Phi) is 10.4. The number of carboxylic acids is 1. The first-order valence-corrected chi connectivity index (χ1v) is 9.46. The molecular formula is C20H32O6. The number of carbonyl (C=O) groups excluding carboxylic acids is 1. The van der Waals surface area contributed by atoms with Crippen molar-refractivity contribution in [3.05, 3.63) is 24.3 Å². The molecule has 0 spiro atoms. The summed E-state index contributed by atoms with van der Waals surface area (Å²) in [6.07, 6.45) is 8.14. The largest absolute Gasteiger partial charge is 0.481 e. The highest BCUT2D eigenvalue weighted by Gasteiger charge is 2.41. The number of aliphatic hydroxyl groups excluding tert-OH is 3. The number of Topliss-reactive ketones (excluding diaryl/α,β-unsaturated/α-hetero) is 1. The lowest BCUT2D eigenvalue weighted by atomic mass is 9.87. The molecule has 6 nitrogen and oxygen atoms in total. The van der Waals surface area contributed by atoms with Gasteiger partial charge >= 0.3 is 5.97 Å². The Morgan fingerprint density at radius 3 is 2.46 bits per heavy atom. The molecule has 1 saturated carbocycles. The lowest BCUT2D eigenvalue weighted by Gasteiger charge is -2.20. The van der Waals surface area contributed by atoms with Gasteiger partial charge in [0, 0.05) is 37.5 Å². The topological polar surface area (TPSA) is 115 Å². The molecular weight excluding hydrogens is 336 g/mol. The molecule has 0 radical (unpaired) electrons. The number of allylic oxidation sites excluding steroid dienone is 1. The van der Waals surface area contributed by atoms with E-state index in [1.807, 2.05) is 19.1 Å². The first-order chi connectivity index (χ1) is 12.3. The van der Waals surface area contributed by atoms with Gasteiger partial charge in [-0.1, -0.05) is 31.2 Å². The van der Waals surface area contributed by atoms with E-state index in [9.17, 15) is 24.9 Å². The molecule has 1 aliphatic rings. The average Bonchev–Trinajstić information content (AvgIpc) is 2.83. The second kappa shape index (κ2) is 12.0. The minimum absolute atomic E-state index is 0.0293. The maximum atomic E-state index is 12.1. The van der Waals surface area contributed by atoms with Crippen LogP contribution in [0.15, 0.2) is 24.3 Å². The Labute approximate surface area is 155 Å². The molecule has 6 heteroatoms. The zero-order chi connectivity index (χ0) is 19.5. The number of rotatable bonds is 12. The molecule has 1 fully saturated rings. The molecule has 0 amide bonds. The van der Waals surface area contributed by atoms with E-state index in [0.29, 0.717) is 19.3 Å².